The molecule has 0 amide bonds. The highest BCUT2D eigenvalue weighted by Gasteiger charge is 2.23. The van der Waals surface area contributed by atoms with E-state index in [0.717, 1.165) is 5.57 Å². The first kappa shape index (κ1) is 19.8. The zero-order valence-electron chi connectivity index (χ0n) is 17.0. The monoisotopic (exact) mass is 402 g/mol. The van der Waals surface area contributed by atoms with Crippen LogP contribution in [0.4, 0.5) is 0 Å². The van der Waals surface area contributed by atoms with Crippen LogP contribution in [-0.4, -0.2) is 16.1 Å². The molecular weight excluding hydrogens is 377 g/mol. The van der Waals surface area contributed by atoms with Crippen LogP contribution < -0.4 is 0 Å². The summed E-state index contributed by atoms with van der Waals surface area (Å²) in [5.74, 6) is 7.03. The van der Waals surface area contributed by atoms with Gasteiger partial charge in [-0.25, -0.2) is 0 Å². The van der Waals surface area contributed by atoms with Gasteiger partial charge in [0.25, 0.3) is 0 Å². The van der Waals surface area contributed by atoms with Crippen LogP contribution in [0.15, 0.2) is 63.9 Å². The predicted octanol–water partition coefficient (Wildman–Crippen LogP) is 6.71. The van der Waals surface area contributed by atoms with Crippen LogP contribution in [0.5, 0.6) is 0 Å². The molecule has 136 valence electrons. The fourth-order valence-corrected chi connectivity index (χ4v) is 4.80. The molecule has 0 aliphatic carbocycles. The molecular formula is C24H26SSi2. The molecule has 1 aliphatic heterocycles. The van der Waals surface area contributed by atoms with Gasteiger partial charge in [0.2, 0.25) is 0 Å². The summed E-state index contributed by atoms with van der Waals surface area (Å²) in [6.45, 7) is 13.7. The summed E-state index contributed by atoms with van der Waals surface area (Å²) in [7, 11) is -3.00. The number of benzene rings is 2. The van der Waals surface area contributed by atoms with Crippen molar-refractivity contribution < 1.29 is 0 Å². The minimum absolute atomic E-state index is 0.986. The van der Waals surface area contributed by atoms with Crippen molar-refractivity contribution in [1.29, 1.82) is 0 Å². The van der Waals surface area contributed by atoms with E-state index in [4.69, 9.17) is 0 Å². The largest absolute Gasteiger partial charge is 0.129 e. The summed E-state index contributed by atoms with van der Waals surface area (Å²) >= 11 is 1.84. The Bertz CT molecular complexity index is 945. The van der Waals surface area contributed by atoms with Crippen molar-refractivity contribution in [3.05, 3.63) is 65.2 Å². The molecule has 0 saturated carbocycles. The molecule has 0 N–H and O–H groups in total. The molecule has 0 radical (unpaired) electrons. The Morgan fingerprint density at radius 2 is 1.07 bits per heavy atom. The van der Waals surface area contributed by atoms with Crippen LogP contribution in [0.25, 0.3) is 5.57 Å². The van der Waals surface area contributed by atoms with Gasteiger partial charge in [0.15, 0.2) is 0 Å². The topological polar surface area (TPSA) is 0 Å². The second-order valence-corrected chi connectivity index (χ2v) is 19.4. The second kappa shape index (κ2) is 7.60. The van der Waals surface area contributed by atoms with Crippen LogP contribution in [0.3, 0.4) is 0 Å². The van der Waals surface area contributed by atoms with Gasteiger partial charge in [-0.1, -0.05) is 99.3 Å². The summed E-state index contributed by atoms with van der Waals surface area (Å²) < 4.78 is 0. The van der Waals surface area contributed by atoms with Gasteiger partial charge in [-0.05, 0) is 23.3 Å². The van der Waals surface area contributed by atoms with Crippen LogP contribution >= 0.6 is 11.8 Å². The van der Waals surface area contributed by atoms with Gasteiger partial charge in [0.1, 0.15) is 16.1 Å². The van der Waals surface area contributed by atoms with Gasteiger partial charge in [0.05, 0.1) is 5.57 Å². The molecule has 1 heterocycles. The highest BCUT2D eigenvalue weighted by atomic mass is 32.2. The summed E-state index contributed by atoms with van der Waals surface area (Å²) in [4.78, 5) is 2.57. The van der Waals surface area contributed by atoms with Gasteiger partial charge < -0.3 is 0 Å². The molecule has 0 spiro atoms. The summed E-state index contributed by atoms with van der Waals surface area (Å²) in [6, 6.07) is 17.3. The third kappa shape index (κ3) is 5.08. The van der Waals surface area contributed by atoms with Crippen molar-refractivity contribution in [3.63, 3.8) is 0 Å². The zero-order valence-corrected chi connectivity index (χ0v) is 19.8. The van der Waals surface area contributed by atoms with Crippen molar-refractivity contribution in [2.24, 2.45) is 0 Å². The molecule has 2 aromatic rings. The lowest BCUT2D eigenvalue weighted by Crippen LogP contribution is -2.17. The lowest BCUT2D eigenvalue weighted by atomic mass is 9.93. The number of hydrogen-bond acceptors (Lipinski definition) is 1. The molecule has 1 aliphatic rings. The molecule has 0 unspecified atom stereocenters. The van der Waals surface area contributed by atoms with E-state index in [1.54, 1.807) is 0 Å². The molecule has 2 aromatic carbocycles. The third-order valence-corrected chi connectivity index (χ3v) is 6.81. The van der Waals surface area contributed by atoms with E-state index in [1.807, 2.05) is 11.8 Å². The summed E-state index contributed by atoms with van der Waals surface area (Å²) in [5.41, 5.74) is 11.8. The van der Waals surface area contributed by atoms with Crippen molar-refractivity contribution >= 4 is 33.5 Å². The fraction of sp³-hybridized carbons (Fsp3) is 0.250. The van der Waals surface area contributed by atoms with Crippen LogP contribution in [0.2, 0.25) is 39.3 Å². The smallest absolute Gasteiger partial charge is 0.126 e. The first-order valence-corrected chi connectivity index (χ1v) is 17.1. The van der Waals surface area contributed by atoms with E-state index in [9.17, 15) is 0 Å². The van der Waals surface area contributed by atoms with E-state index < -0.39 is 16.1 Å². The Balaban J connectivity index is 2.35. The number of rotatable bonds is 0. The van der Waals surface area contributed by atoms with Gasteiger partial charge >= 0.3 is 0 Å². The Hall–Kier alpha value is -1.92. The molecule has 27 heavy (non-hydrogen) atoms. The van der Waals surface area contributed by atoms with Gasteiger partial charge in [-0.15, -0.1) is 11.1 Å². The SMILES string of the molecule is C[Si](C)(C)C#CC(C#C[Si](C)(C)C)=C1c2ccccc2Sc2ccccc21. The lowest BCUT2D eigenvalue weighted by Gasteiger charge is -2.22. The summed E-state index contributed by atoms with van der Waals surface area (Å²) in [6.07, 6.45) is 0. The first-order chi connectivity index (χ1) is 12.6. The average molecular weight is 403 g/mol. The molecule has 0 bridgehead atoms. The van der Waals surface area contributed by atoms with E-state index in [2.05, 4.69) is 111 Å². The Morgan fingerprint density at radius 3 is 1.48 bits per heavy atom. The minimum atomic E-state index is -1.50. The number of hydrogen-bond donors (Lipinski definition) is 0. The Kier molecular flexibility index (Phi) is 5.59. The third-order valence-electron chi connectivity index (χ3n) is 3.91. The average Bonchev–Trinajstić information content (AvgIpc) is 2.58. The van der Waals surface area contributed by atoms with Crippen LogP contribution in [0, 0.1) is 22.9 Å². The maximum atomic E-state index is 3.55. The van der Waals surface area contributed by atoms with Crippen molar-refractivity contribution in [3.8, 4) is 22.9 Å². The highest BCUT2D eigenvalue weighted by Crippen LogP contribution is 2.46. The Morgan fingerprint density at radius 1 is 0.667 bits per heavy atom. The van der Waals surface area contributed by atoms with Crippen molar-refractivity contribution in [2.75, 3.05) is 0 Å². The predicted molar refractivity (Wildman–Crippen MR) is 125 cm³/mol. The van der Waals surface area contributed by atoms with Crippen molar-refractivity contribution in [1.82, 2.24) is 0 Å². The quantitative estimate of drug-likeness (QED) is 0.297. The van der Waals surface area contributed by atoms with Gasteiger partial charge in [-0.2, -0.15) is 0 Å². The normalized spacial score (nSPS) is 12.7. The molecule has 3 rings (SSSR count). The molecule has 0 aromatic heterocycles. The molecule has 0 fully saturated rings. The first-order valence-electron chi connectivity index (χ1n) is 9.31. The van der Waals surface area contributed by atoms with E-state index >= 15 is 0 Å². The number of allylic oxidation sites excluding steroid dienone is 1. The maximum Gasteiger partial charge on any atom is 0.129 e. The maximum absolute atomic E-state index is 3.55. The zero-order chi connectivity index (χ0) is 19.7. The highest BCUT2D eigenvalue weighted by molar-refractivity contribution is 7.99. The second-order valence-electron chi connectivity index (χ2n) is 8.84. The van der Waals surface area contributed by atoms with E-state index in [-0.39, 0.29) is 0 Å². The molecule has 0 saturated heterocycles. The minimum Gasteiger partial charge on any atom is -0.126 e. The van der Waals surface area contributed by atoms with E-state index in [1.165, 1.54) is 26.5 Å². The standard InChI is InChI=1S/C24H26SSi2/c1-26(2,3)17-15-19(16-18-27(4,5)6)24-20-11-7-9-13-22(20)25-23-14-10-8-12-21(23)24/h7-14H,1-6H3. The van der Waals surface area contributed by atoms with Gasteiger partial charge in [-0.3, -0.25) is 0 Å². The fourth-order valence-electron chi connectivity index (χ4n) is 2.71. The number of fused-ring (bicyclic) bond motifs is 2. The van der Waals surface area contributed by atoms with Crippen LogP contribution in [-0.2, 0) is 0 Å². The van der Waals surface area contributed by atoms with Crippen LogP contribution in [0.1, 0.15) is 11.1 Å². The molecule has 3 heteroatoms. The summed E-state index contributed by atoms with van der Waals surface area (Å²) in [5, 5.41) is 0. The van der Waals surface area contributed by atoms with Gasteiger partial charge in [0, 0.05) is 15.4 Å². The van der Waals surface area contributed by atoms with E-state index in [0.29, 0.717) is 0 Å². The van der Waals surface area contributed by atoms with Crippen molar-refractivity contribution in [2.45, 2.75) is 49.1 Å². The lowest BCUT2D eigenvalue weighted by molar-refractivity contribution is 1.28. The molecule has 0 nitrogen and oxygen atoms in total. The molecule has 0 atom stereocenters. The Labute approximate surface area is 170 Å².